The number of aliphatic hydroxyl groups excluding tert-OH is 1. The van der Waals surface area contributed by atoms with Crippen molar-refractivity contribution in [2.24, 2.45) is 0 Å². The number of hydrogen-bond acceptors (Lipinski definition) is 9. The van der Waals surface area contributed by atoms with Crippen LogP contribution in [-0.4, -0.2) is 90.4 Å². The molecule has 2 aromatic rings. The second-order valence-electron chi connectivity index (χ2n) is 10.8. The van der Waals surface area contributed by atoms with Crippen LogP contribution in [0.3, 0.4) is 0 Å². The molecule has 3 saturated heterocycles. The molecule has 200 valence electrons. The van der Waals surface area contributed by atoms with Crippen molar-refractivity contribution < 1.29 is 14.6 Å². The Morgan fingerprint density at radius 3 is 2.65 bits per heavy atom. The summed E-state index contributed by atoms with van der Waals surface area (Å²) in [4.78, 5) is 14.0. The largest absolute Gasteiger partial charge is 0.391 e. The fraction of sp³-hybridized carbons (Fsp3) is 0.607. The van der Waals surface area contributed by atoms with Gasteiger partial charge in [-0.1, -0.05) is 0 Å². The van der Waals surface area contributed by atoms with E-state index >= 15 is 0 Å². The molecule has 37 heavy (non-hydrogen) atoms. The maximum absolute atomic E-state index is 9.45. The summed E-state index contributed by atoms with van der Waals surface area (Å²) in [5.41, 5.74) is 4.38. The van der Waals surface area contributed by atoms with Crippen molar-refractivity contribution in [3.63, 3.8) is 0 Å². The van der Waals surface area contributed by atoms with Gasteiger partial charge in [0.05, 0.1) is 25.4 Å². The topological polar surface area (TPSA) is 107 Å². The number of hydrogen-bond donors (Lipinski definition) is 3. The minimum atomic E-state index is -0.456. The highest BCUT2D eigenvalue weighted by Crippen LogP contribution is 2.35. The van der Waals surface area contributed by atoms with Gasteiger partial charge < -0.3 is 30.2 Å². The van der Waals surface area contributed by atoms with Crippen molar-refractivity contribution in [1.82, 2.24) is 14.9 Å². The second kappa shape index (κ2) is 11.4. The number of nitrogens with one attached hydrogen (secondary N) is 2. The molecule has 3 aliphatic heterocycles. The summed E-state index contributed by atoms with van der Waals surface area (Å²) >= 11 is 0. The second-order valence-corrected chi connectivity index (χ2v) is 10.8. The Morgan fingerprint density at radius 2 is 1.97 bits per heavy atom. The summed E-state index contributed by atoms with van der Waals surface area (Å²) in [6.07, 6.45) is 4.51. The Morgan fingerprint density at radius 1 is 1.19 bits per heavy atom. The first kappa shape index (κ1) is 26.0. The maximum atomic E-state index is 9.45. The molecule has 2 atom stereocenters. The molecule has 1 aromatic heterocycles. The monoisotopic (exact) mass is 508 g/mol. The average Bonchev–Trinajstić information content (AvgIpc) is 3.39. The van der Waals surface area contributed by atoms with Crippen molar-refractivity contribution >= 4 is 23.5 Å². The molecule has 5 rings (SSSR count). The molecule has 0 amide bonds. The number of aliphatic hydroxyl groups is 1. The smallest absolute Gasteiger partial charge is 0.136 e. The van der Waals surface area contributed by atoms with Crippen LogP contribution in [0.15, 0.2) is 18.2 Å². The predicted molar refractivity (Wildman–Crippen MR) is 146 cm³/mol. The van der Waals surface area contributed by atoms with Crippen LogP contribution >= 0.6 is 0 Å². The molecule has 0 radical (unpaired) electrons. The van der Waals surface area contributed by atoms with Gasteiger partial charge in [-0.25, -0.2) is 9.97 Å². The number of aromatic nitrogens is 2. The zero-order valence-electron chi connectivity index (χ0n) is 22.2. The fourth-order valence-electron chi connectivity index (χ4n) is 5.72. The van der Waals surface area contributed by atoms with Gasteiger partial charge in [0.2, 0.25) is 0 Å². The van der Waals surface area contributed by atoms with E-state index < -0.39 is 6.10 Å². The highest BCUT2D eigenvalue weighted by Gasteiger charge is 2.30. The number of benzene rings is 1. The summed E-state index contributed by atoms with van der Waals surface area (Å²) in [5, 5.41) is 21.0. The van der Waals surface area contributed by atoms with Gasteiger partial charge in [0.1, 0.15) is 17.5 Å². The molecule has 0 bridgehead atoms. The van der Waals surface area contributed by atoms with E-state index in [-0.39, 0.29) is 6.10 Å². The van der Waals surface area contributed by atoms with Gasteiger partial charge in [-0.15, -0.1) is 0 Å². The van der Waals surface area contributed by atoms with Crippen LogP contribution in [0.1, 0.15) is 54.6 Å². The molecule has 1 aromatic carbocycles. The van der Waals surface area contributed by atoms with Crippen LogP contribution in [0.5, 0.6) is 0 Å². The molecule has 0 aliphatic carbocycles. The summed E-state index contributed by atoms with van der Waals surface area (Å²) < 4.78 is 11.3. The van der Waals surface area contributed by atoms with E-state index in [1.165, 1.54) is 17.3 Å². The minimum Gasteiger partial charge on any atom is -0.391 e. The van der Waals surface area contributed by atoms with Crippen molar-refractivity contribution in [2.45, 2.75) is 64.2 Å². The zero-order valence-corrected chi connectivity index (χ0v) is 22.2. The van der Waals surface area contributed by atoms with E-state index in [1.54, 1.807) is 6.92 Å². The van der Waals surface area contributed by atoms with E-state index in [4.69, 9.17) is 14.9 Å². The Bertz CT molecular complexity index is 1090. The van der Waals surface area contributed by atoms with Gasteiger partial charge in [0.15, 0.2) is 0 Å². The molecule has 3 N–H and O–H groups in total. The van der Waals surface area contributed by atoms with Crippen molar-refractivity contribution in [1.29, 1.82) is 5.41 Å². The summed E-state index contributed by atoms with van der Waals surface area (Å²) in [7, 11) is 0. The number of aryl methyl sites for hydroxylation is 2. The molecule has 3 fully saturated rings. The molecule has 9 nitrogen and oxygen atoms in total. The molecular weight excluding hydrogens is 468 g/mol. The van der Waals surface area contributed by atoms with Gasteiger partial charge in [0, 0.05) is 49.3 Å². The molecule has 3 aliphatic rings. The first-order chi connectivity index (χ1) is 17.9. The third-order valence-electron chi connectivity index (χ3n) is 7.82. The van der Waals surface area contributed by atoms with Gasteiger partial charge >= 0.3 is 0 Å². The van der Waals surface area contributed by atoms with E-state index in [0.717, 1.165) is 81.5 Å². The first-order valence-electron chi connectivity index (χ1n) is 13.5. The normalized spacial score (nSPS) is 22.2. The number of rotatable bonds is 9. The molecular formula is C28H40N6O3. The van der Waals surface area contributed by atoms with Crippen molar-refractivity contribution in [3.8, 4) is 0 Å². The number of ether oxygens (including phenoxy) is 2. The van der Waals surface area contributed by atoms with Crippen molar-refractivity contribution in [3.05, 3.63) is 40.7 Å². The highest BCUT2D eigenvalue weighted by atomic mass is 16.5. The minimum absolute atomic E-state index is 0.109. The standard InChI is InChI=1S/C28H40N6O3/c1-18-10-22(13-29)26(11-25(18)21-4-7-33(8-5-21)23-6-9-36-17-23)32-27-12-28(31-20(3)30-27)34-14-24(15-34)37-16-19(2)35/h10-13,19,21,23-24,29,35H,4-9,14-17H2,1-3H3,(H,30,31,32). The SMILES string of the molecule is Cc1nc(Nc2cc(C3CCN(C4CCOC4)CC3)c(C)cc2C=N)cc(N2CC(OCC(C)O)C2)n1. The lowest BCUT2D eigenvalue weighted by molar-refractivity contribution is -0.0145. The predicted octanol–water partition coefficient (Wildman–Crippen LogP) is 3.39. The number of likely N-dealkylation sites (tertiary alicyclic amines) is 1. The third-order valence-corrected chi connectivity index (χ3v) is 7.82. The van der Waals surface area contributed by atoms with Crippen molar-refractivity contribution in [2.75, 3.05) is 56.2 Å². The first-order valence-corrected chi connectivity index (χ1v) is 13.5. The van der Waals surface area contributed by atoms with Crippen LogP contribution in [0.2, 0.25) is 0 Å². The lowest BCUT2D eigenvalue weighted by Gasteiger charge is -2.40. The van der Waals surface area contributed by atoms with E-state index in [0.29, 0.717) is 24.4 Å². The molecule has 0 spiro atoms. The van der Waals surface area contributed by atoms with Gasteiger partial charge in [-0.05, 0) is 82.3 Å². The van der Waals surface area contributed by atoms with E-state index in [1.807, 2.05) is 13.0 Å². The van der Waals surface area contributed by atoms with Gasteiger partial charge in [-0.2, -0.15) is 0 Å². The summed E-state index contributed by atoms with van der Waals surface area (Å²) in [6.45, 7) is 11.6. The zero-order chi connectivity index (χ0) is 25.9. The van der Waals surface area contributed by atoms with E-state index in [9.17, 15) is 5.11 Å². The molecule has 4 heterocycles. The van der Waals surface area contributed by atoms with Gasteiger partial charge in [0.25, 0.3) is 0 Å². The maximum Gasteiger partial charge on any atom is 0.136 e. The molecule has 2 unspecified atom stereocenters. The number of piperidine rings is 1. The Hall–Kier alpha value is -2.59. The molecule has 9 heteroatoms. The van der Waals surface area contributed by atoms with Gasteiger partial charge in [-0.3, -0.25) is 4.90 Å². The van der Waals surface area contributed by atoms with Crippen LogP contribution < -0.4 is 10.2 Å². The third kappa shape index (κ3) is 6.12. The summed E-state index contributed by atoms with van der Waals surface area (Å²) in [5.74, 6) is 2.80. The highest BCUT2D eigenvalue weighted by molar-refractivity contribution is 5.88. The van der Waals surface area contributed by atoms with E-state index in [2.05, 4.69) is 44.1 Å². The van der Waals surface area contributed by atoms with Crippen LogP contribution in [0.25, 0.3) is 0 Å². The number of anilines is 3. The molecule has 0 saturated carbocycles. The quantitative estimate of drug-likeness (QED) is 0.443. The van der Waals surface area contributed by atoms with Crippen LogP contribution in [0, 0.1) is 19.3 Å². The fourth-order valence-corrected chi connectivity index (χ4v) is 5.72. The van der Waals surface area contributed by atoms with Crippen LogP contribution in [0.4, 0.5) is 17.3 Å². The lowest BCUT2D eigenvalue weighted by atomic mass is 9.85. The Kier molecular flexibility index (Phi) is 8.04. The van der Waals surface area contributed by atoms with Crippen LogP contribution in [-0.2, 0) is 9.47 Å². The Balaban J connectivity index is 1.28. The Labute approximate surface area is 219 Å². The average molecular weight is 509 g/mol. The lowest BCUT2D eigenvalue weighted by Crippen LogP contribution is -2.53. The summed E-state index contributed by atoms with van der Waals surface area (Å²) in [6, 6.07) is 6.90. The number of nitrogens with zero attached hydrogens (tertiary/aromatic N) is 4.